The molecule has 0 bridgehead atoms. The van der Waals surface area contributed by atoms with Gasteiger partial charge in [0.2, 0.25) is 21.8 Å². The lowest BCUT2D eigenvalue weighted by Crippen LogP contribution is -2.55. The molecule has 0 aliphatic rings. The molecule has 0 aromatic heterocycles. The maximum atomic E-state index is 13.8. The number of anilines is 1. The van der Waals surface area contributed by atoms with Crippen LogP contribution in [-0.2, 0) is 26.2 Å². The molecule has 1 atom stereocenters. The highest BCUT2D eigenvalue weighted by atomic mass is 35.5. The third-order valence-corrected chi connectivity index (χ3v) is 6.99. The standard InChI is InChI=1S/C26H36ClN3O4S/c1-8-22(25(32)28-26(4,5)6)29(16-20-11-9-10-12-21(20)27)24(31)17-30(35(7,33)34)23-15-18(2)13-14-19(23)3/h9-15,22H,8,16-17H2,1-7H3,(H,28,32). The van der Waals surface area contributed by atoms with Gasteiger partial charge in [-0.15, -0.1) is 0 Å². The van der Waals surface area contributed by atoms with Gasteiger partial charge in [-0.2, -0.15) is 0 Å². The van der Waals surface area contributed by atoms with Crippen molar-refractivity contribution >= 4 is 39.1 Å². The zero-order valence-electron chi connectivity index (χ0n) is 21.6. The molecule has 9 heteroatoms. The first-order valence-corrected chi connectivity index (χ1v) is 13.8. The summed E-state index contributed by atoms with van der Waals surface area (Å²) in [5.41, 5.74) is 2.20. The van der Waals surface area contributed by atoms with E-state index in [2.05, 4.69) is 5.32 Å². The predicted octanol–water partition coefficient (Wildman–Crippen LogP) is 4.44. The Labute approximate surface area is 214 Å². The number of aryl methyl sites for hydroxylation is 2. The second-order valence-electron chi connectivity index (χ2n) is 9.84. The molecule has 0 saturated carbocycles. The van der Waals surface area contributed by atoms with Crippen LogP contribution in [-0.4, -0.2) is 49.5 Å². The summed E-state index contributed by atoms with van der Waals surface area (Å²) in [6.45, 7) is 10.7. The zero-order valence-corrected chi connectivity index (χ0v) is 23.1. The van der Waals surface area contributed by atoms with Crippen molar-refractivity contribution in [2.45, 2.75) is 66.1 Å². The fourth-order valence-electron chi connectivity index (χ4n) is 3.77. The molecule has 7 nitrogen and oxygen atoms in total. The van der Waals surface area contributed by atoms with E-state index in [9.17, 15) is 18.0 Å². The highest BCUT2D eigenvalue weighted by Crippen LogP contribution is 2.25. The first-order valence-electron chi connectivity index (χ1n) is 11.5. The van der Waals surface area contributed by atoms with Crippen LogP contribution in [0, 0.1) is 13.8 Å². The van der Waals surface area contributed by atoms with E-state index >= 15 is 0 Å². The fraction of sp³-hybridized carbons (Fsp3) is 0.462. The van der Waals surface area contributed by atoms with Gasteiger partial charge in [-0.05, 0) is 69.9 Å². The number of halogens is 1. The minimum Gasteiger partial charge on any atom is -0.350 e. The number of benzene rings is 2. The quantitative estimate of drug-likeness (QED) is 0.528. The van der Waals surface area contributed by atoms with Crippen molar-refractivity contribution in [2.24, 2.45) is 0 Å². The van der Waals surface area contributed by atoms with Crippen molar-refractivity contribution in [3.63, 3.8) is 0 Å². The Morgan fingerprint density at radius 2 is 1.71 bits per heavy atom. The molecular formula is C26H36ClN3O4S. The monoisotopic (exact) mass is 521 g/mol. The summed E-state index contributed by atoms with van der Waals surface area (Å²) in [7, 11) is -3.79. The van der Waals surface area contributed by atoms with Gasteiger partial charge in [0.25, 0.3) is 0 Å². The summed E-state index contributed by atoms with van der Waals surface area (Å²) in [5, 5.41) is 3.40. The van der Waals surface area contributed by atoms with E-state index in [1.165, 1.54) is 4.90 Å². The van der Waals surface area contributed by atoms with Gasteiger partial charge in [-0.3, -0.25) is 13.9 Å². The molecule has 1 unspecified atom stereocenters. The minimum absolute atomic E-state index is 0.0684. The van der Waals surface area contributed by atoms with Crippen molar-refractivity contribution in [1.29, 1.82) is 0 Å². The predicted molar refractivity (Wildman–Crippen MR) is 142 cm³/mol. The molecular weight excluding hydrogens is 486 g/mol. The van der Waals surface area contributed by atoms with Crippen molar-refractivity contribution in [2.75, 3.05) is 17.1 Å². The van der Waals surface area contributed by atoms with Crippen molar-refractivity contribution in [3.05, 3.63) is 64.2 Å². The van der Waals surface area contributed by atoms with Crippen molar-refractivity contribution < 1.29 is 18.0 Å². The van der Waals surface area contributed by atoms with Crippen LogP contribution in [0.4, 0.5) is 5.69 Å². The summed E-state index contributed by atoms with van der Waals surface area (Å²) in [6.07, 6.45) is 1.42. The van der Waals surface area contributed by atoms with Crippen molar-refractivity contribution in [1.82, 2.24) is 10.2 Å². The number of hydrogen-bond acceptors (Lipinski definition) is 4. The van der Waals surface area contributed by atoms with Crippen LogP contribution in [0.15, 0.2) is 42.5 Å². The minimum atomic E-state index is -3.79. The van der Waals surface area contributed by atoms with E-state index in [-0.39, 0.29) is 12.5 Å². The van der Waals surface area contributed by atoms with E-state index in [4.69, 9.17) is 11.6 Å². The van der Waals surface area contributed by atoms with Crippen LogP contribution in [0.5, 0.6) is 0 Å². The second-order valence-corrected chi connectivity index (χ2v) is 12.1. The molecule has 2 aromatic rings. The number of hydrogen-bond donors (Lipinski definition) is 1. The van der Waals surface area contributed by atoms with Gasteiger partial charge >= 0.3 is 0 Å². The Bertz CT molecular complexity index is 1180. The van der Waals surface area contributed by atoms with Gasteiger partial charge in [-0.1, -0.05) is 48.9 Å². The van der Waals surface area contributed by atoms with E-state index < -0.39 is 34.1 Å². The van der Waals surface area contributed by atoms with Crippen LogP contribution in [0.25, 0.3) is 0 Å². The van der Waals surface area contributed by atoms with E-state index in [0.29, 0.717) is 22.7 Å². The molecule has 0 fully saturated rings. The molecule has 2 amide bonds. The maximum absolute atomic E-state index is 13.8. The molecule has 2 aromatic carbocycles. The molecule has 0 aliphatic carbocycles. The van der Waals surface area contributed by atoms with Gasteiger partial charge in [-0.25, -0.2) is 8.42 Å². The first kappa shape index (κ1) is 28.7. The molecule has 192 valence electrons. The van der Waals surface area contributed by atoms with Gasteiger partial charge in [0.05, 0.1) is 11.9 Å². The van der Waals surface area contributed by atoms with Crippen LogP contribution in [0.1, 0.15) is 50.8 Å². The third kappa shape index (κ3) is 7.97. The molecule has 1 N–H and O–H groups in total. The lowest BCUT2D eigenvalue weighted by atomic mass is 10.1. The third-order valence-electron chi connectivity index (χ3n) is 5.50. The Morgan fingerprint density at radius 3 is 2.26 bits per heavy atom. The Morgan fingerprint density at radius 1 is 1.09 bits per heavy atom. The smallest absolute Gasteiger partial charge is 0.244 e. The first-order chi connectivity index (χ1) is 16.1. The largest absolute Gasteiger partial charge is 0.350 e. The SMILES string of the molecule is CCC(C(=O)NC(C)(C)C)N(Cc1ccccc1Cl)C(=O)CN(c1cc(C)ccc1C)S(C)(=O)=O. The molecule has 35 heavy (non-hydrogen) atoms. The average molecular weight is 522 g/mol. The summed E-state index contributed by atoms with van der Waals surface area (Å²) in [6, 6.07) is 11.7. The number of rotatable bonds is 9. The van der Waals surface area contributed by atoms with E-state index in [1.807, 2.05) is 46.8 Å². The molecule has 0 aliphatic heterocycles. The van der Waals surface area contributed by atoms with Gasteiger partial charge in [0.1, 0.15) is 12.6 Å². The molecule has 0 heterocycles. The average Bonchev–Trinajstić information content (AvgIpc) is 2.73. The van der Waals surface area contributed by atoms with Gasteiger partial charge in [0.15, 0.2) is 0 Å². The number of sulfonamides is 1. The number of carbonyl (C=O) groups excluding carboxylic acids is 2. The number of amides is 2. The lowest BCUT2D eigenvalue weighted by molar-refractivity contribution is -0.141. The van der Waals surface area contributed by atoms with E-state index in [1.54, 1.807) is 37.3 Å². The second kappa shape index (κ2) is 11.4. The maximum Gasteiger partial charge on any atom is 0.244 e. The summed E-state index contributed by atoms with van der Waals surface area (Å²) in [5.74, 6) is -0.801. The topological polar surface area (TPSA) is 86.8 Å². The zero-order chi connectivity index (χ0) is 26.6. The van der Waals surface area contributed by atoms with Crippen LogP contribution >= 0.6 is 11.6 Å². The normalized spacial score (nSPS) is 12.7. The lowest BCUT2D eigenvalue weighted by Gasteiger charge is -2.35. The Balaban J connectivity index is 2.52. The highest BCUT2D eigenvalue weighted by molar-refractivity contribution is 7.92. The van der Waals surface area contributed by atoms with Crippen LogP contribution < -0.4 is 9.62 Å². The van der Waals surface area contributed by atoms with Crippen molar-refractivity contribution in [3.8, 4) is 0 Å². The summed E-state index contributed by atoms with van der Waals surface area (Å²) >= 11 is 6.37. The van der Waals surface area contributed by atoms with Crippen LogP contribution in [0.2, 0.25) is 5.02 Å². The van der Waals surface area contributed by atoms with Gasteiger partial charge < -0.3 is 10.2 Å². The number of nitrogens with zero attached hydrogens (tertiary/aromatic N) is 2. The molecule has 0 radical (unpaired) electrons. The number of carbonyl (C=O) groups is 2. The Hall–Kier alpha value is -2.58. The summed E-state index contributed by atoms with van der Waals surface area (Å²) in [4.78, 5) is 28.4. The molecule has 0 saturated heterocycles. The van der Waals surface area contributed by atoms with Gasteiger partial charge in [0, 0.05) is 17.1 Å². The highest BCUT2D eigenvalue weighted by Gasteiger charge is 2.33. The summed E-state index contributed by atoms with van der Waals surface area (Å²) < 4.78 is 26.7. The van der Waals surface area contributed by atoms with E-state index in [0.717, 1.165) is 21.7 Å². The fourth-order valence-corrected chi connectivity index (χ4v) is 4.86. The molecule has 0 spiro atoms. The Kier molecular flexibility index (Phi) is 9.36. The molecule has 2 rings (SSSR count). The number of nitrogens with one attached hydrogen (secondary N) is 1. The van der Waals surface area contributed by atoms with Crippen LogP contribution in [0.3, 0.4) is 0 Å².